The third kappa shape index (κ3) is 2.48. The van der Waals surface area contributed by atoms with E-state index in [9.17, 15) is 9.90 Å². The van der Waals surface area contributed by atoms with Crippen LogP contribution in [0.4, 0.5) is 0 Å². The van der Waals surface area contributed by atoms with Gasteiger partial charge in [0.25, 0.3) is 0 Å². The molecule has 0 aromatic rings. The number of Topliss-reactive ketones (excluding diaryl/α,β-unsaturated/α-hetero) is 1. The standard InChI is InChI=1S/C22H36O3/c1-5-25-19-12-22(4)14(10-17(19)23)7-8-15-16-9-6-13(2)21(16,3)11-18(24)20(15)22/h13-17,19-20,23H,5-12H2,1-4H3/t13-,14-,15-,16-,17-,19-,20+,21+,22-/m0/s1. The number of fused-ring (bicyclic) bond motifs is 5. The van der Waals surface area contributed by atoms with Crippen LogP contribution in [-0.4, -0.2) is 29.7 Å². The number of carbonyl (C=O) groups excluding carboxylic acids is 1. The molecule has 0 heterocycles. The van der Waals surface area contributed by atoms with Crippen molar-refractivity contribution >= 4 is 5.78 Å². The van der Waals surface area contributed by atoms with E-state index in [2.05, 4.69) is 20.8 Å². The van der Waals surface area contributed by atoms with Gasteiger partial charge in [-0.15, -0.1) is 0 Å². The van der Waals surface area contributed by atoms with Crippen LogP contribution in [0.2, 0.25) is 0 Å². The van der Waals surface area contributed by atoms with Crippen LogP contribution in [0.3, 0.4) is 0 Å². The highest BCUT2D eigenvalue weighted by atomic mass is 16.5. The summed E-state index contributed by atoms with van der Waals surface area (Å²) >= 11 is 0. The lowest BCUT2D eigenvalue weighted by Gasteiger charge is -2.60. The first-order chi connectivity index (χ1) is 11.8. The van der Waals surface area contributed by atoms with Gasteiger partial charge in [0.05, 0.1) is 12.2 Å². The molecule has 0 bridgehead atoms. The molecule has 0 spiro atoms. The number of ketones is 1. The molecular formula is C22H36O3. The van der Waals surface area contributed by atoms with Crippen LogP contribution >= 0.6 is 0 Å². The molecular weight excluding hydrogens is 312 g/mol. The van der Waals surface area contributed by atoms with Gasteiger partial charge in [-0.2, -0.15) is 0 Å². The van der Waals surface area contributed by atoms with E-state index in [0.29, 0.717) is 30.1 Å². The summed E-state index contributed by atoms with van der Waals surface area (Å²) in [5, 5.41) is 10.5. The van der Waals surface area contributed by atoms with Crippen molar-refractivity contribution in [1.82, 2.24) is 0 Å². The van der Waals surface area contributed by atoms with Gasteiger partial charge < -0.3 is 9.84 Å². The summed E-state index contributed by atoms with van der Waals surface area (Å²) < 4.78 is 5.89. The summed E-state index contributed by atoms with van der Waals surface area (Å²) in [6.07, 6.45) is 6.98. The molecule has 9 atom stereocenters. The molecule has 3 heteroatoms. The number of hydrogen-bond donors (Lipinski definition) is 1. The second-order valence-electron chi connectivity index (χ2n) is 10.2. The predicted molar refractivity (Wildman–Crippen MR) is 98.1 cm³/mol. The van der Waals surface area contributed by atoms with E-state index in [1.165, 1.54) is 25.7 Å². The Morgan fingerprint density at radius 2 is 1.92 bits per heavy atom. The smallest absolute Gasteiger partial charge is 0.137 e. The zero-order valence-corrected chi connectivity index (χ0v) is 16.5. The lowest BCUT2D eigenvalue weighted by molar-refractivity contribution is -0.179. The fourth-order valence-corrected chi connectivity index (χ4v) is 7.70. The zero-order chi connectivity index (χ0) is 18.0. The lowest BCUT2D eigenvalue weighted by atomic mass is 9.44. The van der Waals surface area contributed by atoms with Gasteiger partial charge in [-0.3, -0.25) is 4.79 Å². The molecule has 0 aromatic carbocycles. The van der Waals surface area contributed by atoms with Crippen molar-refractivity contribution in [3.05, 3.63) is 0 Å². The van der Waals surface area contributed by atoms with Crippen LogP contribution in [0.25, 0.3) is 0 Å². The van der Waals surface area contributed by atoms with Crippen LogP contribution in [0, 0.1) is 40.4 Å². The average Bonchev–Trinajstić information content (AvgIpc) is 2.83. The Labute approximate surface area is 152 Å². The highest BCUT2D eigenvalue weighted by molar-refractivity contribution is 5.84. The molecule has 4 aliphatic carbocycles. The molecule has 4 rings (SSSR count). The third-order valence-electron chi connectivity index (χ3n) is 9.20. The second-order valence-corrected chi connectivity index (χ2v) is 10.2. The lowest BCUT2D eigenvalue weighted by Crippen LogP contribution is -2.59. The number of carbonyl (C=O) groups is 1. The Morgan fingerprint density at radius 3 is 2.64 bits per heavy atom. The molecule has 0 amide bonds. The first-order valence-corrected chi connectivity index (χ1v) is 10.6. The van der Waals surface area contributed by atoms with Crippen LogP contribution in [0.5, 0.6) is 0 Å². The molecule has 0 radical (unpaired) electrons. The number of ether oxygens (including phenoxy) is 1. The minimum absolute atomic E-state index is 0.0201. The highest BCUT2D eigenvalue weighted by Gasteiger charge is 2.63. The van der Waals surface area contributed by atoms with E-state index in [1.54, 1.807) is 0 Å². The van der Waals surface area contributed by atoms with E-state index in [0.717, 1.165) is 25.2 Å². The molecule has 4 saturated carbocycles. The van der Waals surface area contributed by atoms with Crippen molar-refractivity contribution in [1.29, 1.82) is 0 Å². The molecule has 3 nitrogen and oxygen atoms in total. The van der Waals surface area contributed by atoms with Crippen LogP contribution in [0.15, 0.2) is 0 Å². The maximum Gasteiger partial charge on any atom is 0.137 e. The minimum Gasteiger partial charge on any atom is -0.390 e. The second kappa shape index (κ2) is 6.05. The number of aliphatic hydroxyl groups excluding tert-OH is 1. The largest absolute Gasteiger partial charge is 0.390 e. The van der Waals surface area contributed by atoms with Gasteiger partial charge in [0, 0.05) is 18.9 Å². The number of aliphatic hydroxyl groups is 1. The van der Waals surface area contributed by atoms with Crippen molar-refractivity contribution in [2.75, 3.05) is 6.61 Å². The molecule has 0 aromatic heterocycles. The van der Waals surface area contributed by atoms with Crippen molar-refractivity contribution in [2.24, 2.45) is 40.4 Å². The maximum atomic E-state index is 13.4. The zero-order valence-electron chi connectivity index (χ0n) is 16.5. The molecule has 4 fully saturated rings. The molecule has 0 unspecified atom stereocenters. The first kappa shape index (κ1) is 18.0. The van der Waals surface area contributed by atoms with Crippen molar-refractivity contribution in [3.8, 4) is 0 Å². The summed E-state index contributed by atoms with van der Waals surface area (Å²) in [5.41, 5.74) is 0.251. The van der Waals surface area contributed by atoms with E-state index >= 15 is 0 Å². The monoisotopic (exact) mass is 348 g/mol. The van der Waals surface area contributed by atoms with Gasteiger partial charge in [-0.05, 0) is 80.0 Å². The molecule has 142 valence electrons. The van der Waals surface area contributed by atoms with E-state index in [4.69, 9.17) is 4.74 Å². The molecule has 1 N–H and O–H groups in total. The highest BCUT2D eigenvalue weighted by Crippen LogP contribution is 2.66. The normalized spacial score (nSPS) is 55.4. The Balaban J connectivity index is 1.66. The summed E-state index contributed by atoms with van der Waals surface area (Å²) in [7, 11) is 0. The van der Waals surface area contributed by atoms with E-state index in [-0.39, 0.29) is 29.0 Å². The van der Waals surface area contributed by atoms with Crippen LogP contribution in [0.1, 0.15) is 72.6 Å². The number of rotatable bonds is 2. The molecule has 0 aliphatic heterocycles. The van der Waals surface area contributed by atoms with Gasteiger partial charge in [0.2, 0.25) is 0 Å². The van der Waals surface area contributed by atoms with Crippen LogP contribution in [-0.2, 0) is 9.53 Å². The summed E-state index contributed by atoms with van der Waals surface area (Å²) in [6, 6.07) is 0. The van der Waals surface area contributed by atoms with Gasteiger partial charge >= 0.3 is 0 Å². The van der Waals surface area contributed by atoms with Crippen LogP contribution < -0.4 is 0 Å². The van der Waals surface area contributed by atoms with Gasteiger partial charge in [0.15, 0.2) is 0 Å². The number of hydrogen-bond acceptors (Lipinski definition) is 3. The molecule has 4 aliphatic rings. The maximum absolute atomic E-state index is 13.4. The Hall–Kier alpha value is -0.410. The molecule has 0 saturated heterocycles. The fourth-order valence-electron chi connectivity index (χ4n) is 7.70. The third-order valence-corrected chi connectivity index (χ3v) is 9.20. The summed E-state index contributed by atoms with van der Waals surface area (Å²) in [4.78, 5) is 13.4. The topological polar surface area (TPSA) is 46.5 Å². The minimum atomic E-state index is -0.356. The first-order valence-electron chi connectivity index (χ1n) is 10.6. The predicted octanol–water partition coefficient (Wildman–Crippen LogP) is 4.22. The average molecular weight is 349 g/mol. The van der Waals surface area contributed by atoms with Crippen molar-refractivity contribution in [3.63, 3.8) is 0 Å². The van der Waals surface area contributed by atoms with E-state index < -0.39 is 0 Å². The van der Waals surface area contributed by atoms with Gasteiger partial charge in [0.1, 0.15) is 5.78 Å². The fraction of sp³-hybridized carbons (Fsp3) is 0.955. The van der Waals surface area contributed by atoms with Gasteiger partial charge in [-0.1, -0.05) is 20.8 Å². The summed E-state index contributed by atoms with van der Waals surface area (Å²) in [5.74, 6) is 3.17. The Bertz CT molecular complexity index is 545. The molecule has 25 heavy (non-hydrogen) atoms. The van der Waals surface area contributed by atoms with E-state index in [1.807, 2.05) is 6.92 Å². The van der Waals surface area contributed by atoms with Crippen molar-refractivity contribution < 1.29 is 14.6 Å². The van der Waals surface area contributed by atoms with Crippen molar-refractivity contribution in [2.45, 2.75) is 84.8 Å². The SMILES string of the molecule is CCO[C@H]1C[C@@]2(C)[C@@H](CC[C@H]3[C@@H]4CC[C@H](C)[C@@]4(C)CC(=O)[C@@H]32)C[C@@H]1O. The Morgan fingerprint density at radius 1 is 1.16 bits per heavy atom. The quantitative estimate of drug-likeness (QED) is 0.813. The van der Waals surface area contributed by atoms with Gasteiger partial charge in [-0.25, -0.2) is 0 Å². The Kier molecular flexibility index (Phi) is 4.35. The summed E-state index contributed by atoms with van der Waals surface area (Å²) in [6.45, 7) is 9.75.